The second kappa shape index (κ2) is 4.56. The number of thiocarbonyl (C=S) groups is 1. The summed E-state index contributed by atoms with van der Waals surface area (Å²) in [6.07, 6.45) is 3.98. The van der Waals surface area contributed by atoms with E-state index in [1.54, 1.807) is 0 Å². The van der Waals surface area contributed by atoms with Crippen LogP contribution in [0.5, 0.6) is 0 Å². The molecule has 1 heterocycles. The average Bonchev–Trinajstić information content (AvgIpc) is 2.13. The maximum absolute atomic E-state index is 12.6. The quantitative estimate of drug-likeness (QED) is 0.766. The van der Waals surface area contributed by atoms with Gasteiger partial charge in [0.15, 0.2) is 0 Å². The van der Waals surface area contributed by atoms with Gasteiger partial charge in [0, 0.05) is 13.1 Å². The summed E-state index contributed by atoms with van der Waals surface area (Å²) in [4.78, 5) is 15.0. The first-order chi connectivity index (χ1) is 7.95. The van der Waals surface area contributed by atoms with Crippen LogP contribution in [0.4, 0.5) is 0 Å². The highest BCUT2D eigenvalue weighted by atomic mass is 32.1. The predicted octanol–water partition coefficient (Wildman–Crippen LogP) is 1.95. The molecule has 17 heavy (non-hydrogen) atoms. The molecule has 2 unspecified atom stereocenters. The summed E-state index contributed by atoms with van der Waals surface area (Å²) in [7, 11) is 0. The maximum Gasteiger partial charge on any atom is 0.235 e. The molecule has 0 aromatic rings. The summed E-state index contributed by atoms with van der Waals surface area (Å²) in [6.45, 7) is 6.16. The third-order valence-corrected chi connectivity index (χ3v) is 4.63. The van der Waals surface area contributed by atoms with Gasteiger partial charge in [0.2, 0.25) is 5.91 Å². The van der Waals surface area contributed by atoms with Crippen LogP contribution in [0.2, 0.25) is 0 Å². The summed E-state index contributed by atoms with van der Waals surface area (Å²) in [5.41, 5.74) is 5.30. The molecule has 0 spiro atoms. The van der Waals surface area contributed by atoms with Gasteiger partial charge < -0.3 is 10.6 Å². The topological polar surface area (TPSA) is 46.3 Å². The van der Waals surface area contributed by atoms with E-state index in [4.69, 9.17) is 18.0 Å². The smallest absolute Gasteiger partial charge is 0.235 e. The number of hydrogen-bond acceptors (Lipinski definition) is 2. The van der Waals surface area contributed by atoms with Crippen molar-refractivity contribution in [1.29, 1.82) is 0 Å². The molecule has 2 rings (SSSR count). The zero-order valence-electron chi connectivity index (χ0n) is 10.7. The molecule has 0 bridgehead atoms. The number of rotatable bonds is 2. The van der Waals surface area contributed by atoms with E-state index in [1.807, 2.05) is 4.90 Å². The van der Waals surface area contributed by atoms with Gasteiger partial charge in [-0.2, -0.15) is 0 Å². The Bertz CT molecular complexity index is 328. The Hall–Kier alpha value is -0.640. The first kappa shape index (κ1) is 12.8. The highest BCUT2D eigenvalue weighted by molar-refractivity contribution is 7.80. The Kier molecular flexibility index (Phi) is 3.43. The SMILES string of the molecule is CC1CC(C)CN(C(=O)C2(C(N)=S)CCC2)C1. The first-order valence-electron chi connectivity index (χ1n) is 6.55. The molecule has 1 saturated carbocycles. The molecule has 96 valence electrons. The number of hydrogen-bond donors (Lipinski definition) is 1. The number of carbonyl (C=O) groups excluding carboxylic acids is 1. The van der Waals surface area contributed by atoms with Gasteiger partial charge in [0.05, 0.1) is 10.4 Å². The van der Waals surface area contributed by atoms with E-state index in [-0.39, 0.29) is 5.91 Å². The molecule has 2 N–H and O–H groups in total. The van der Waals surface area contributed by atoms with Crippen molar-refractivity contribution >= 4 is 23.1 Å². The Morgan fingerprint density at radius 2 is 1.82 bits per heavy atom. The second-order valence-electron chi connectivity index (χ2n) is 5.96. The Morgan fingerprint density at radius 1 is 1.29 bits per heavy atom. The first-order valence-corrected chi connectivity index (χ1v) is 6.96. The molecule has 2 aliphatic rings. The predicted molar refractivity (Wildman–Crippen MR) is 72.6 cm³/mol. The third kappa shape index (κ3) is 2.19. The van der Waals surface area contributed by atoms with Crippen LogP contribution in [0.25, 0.3) is 0 Å². The van der Waals surface area contributed by atoms with Crippen LogP contribution in [0.3, 0.4) is 0 Å². The lowest BCUT2D eigenvalue weighted by Crippen LogP contribution is -2.57. The lowest BCUT2D eigenvalue weighted by atomic mass is 9.67. The number of likely N-dealkylation sites (tertiary alicyclic amines) is 1. The molecule has 1 aliphatic carbocycles. The van der Waals surface area contributed by atoms with Crippen molar-refractivity contribution in [3.8, 4) is 0 Å². The molecule has 0 aromatic carbocycles. The summed E-state index contributed by atoms with van der Waals surface area (Å²) < 4.78 is 0. The minimum absolute atomic E-state index is 0.189. The minimum Gasteiger partial charge on any atom is -0.392 e. The molecule has 1 aliphatic heterocycles. The summed E-state index contributed by atoms with van der Waals surface area (Å²) in [5.74, 6) is 1.37. The van der Waals surface area contributed by atoms with Crippen LogP contribution in [0.1, 0.15) is 39.5 Å². The van der Waals surface area contributed by atoms with Crippen molar-refractivity contribution in [2.45, 2.75) is 39.5 Å². The second-order valence-corrected chi connectivity index (χ2v) is 6.40. The Labute approximate surface area is 109 Å². The molecular formula is C13H22N2OS. The van der Waals surface area contributed by atoms with Crippen molar-refractivity contribution in [3.63, 3.8) is 0 Å². The number of piperidine rings is 1. The van der Waals surface area contributed by atoms with E-state index in [0.717, 1.165) is 32.4 Å². The normalized spacial score (nSPS) is 31.8. The highest BCUT2D eigenvalue weighted by Crippen LogP contribution is 2.43. The van der Waals surface area contributed by atoms with E-state index in [9.17, 15) is 4.79 Å². The van der Waals surface area contributed by atoms with Gasteiger partial charge in [-0.05, 0) is 31.1 Å². The molecule has 1 amide bonds. The van der Waals surface area contributed by atoms with Crippen LogP contribution in [0, 0.1) is 17.3 Å². The lowest BCUT2D eigenvalue weighted by Gasteiger charge is -2.45. The van der Waals surface area contributed by atoms with Gasteiger partial charge in [-0.15, -0.1) is 0 Å². The molecule has 2 fully saturated rings. The fraction of sp³-hybridized carbons (Fsp3) is 0.846. The van der Waals surface area contributed by atoms with Gasteiger partial charge in [-0.3, -0.25) is 4.79 Å². The van der Waals surface area contributed by atoms with E-state index < -0.39 is 5.41 Å². The lowest BCUT2D eigenvalue weighted by molar-refractivity contribution is -0.144. The third-order valence-electron chi connectivity index (χ3n) is 4.24. The van der Waals surface area contributed by atoms with E-state index in [0.29, 0.717) is 16.8 Å². The summed E-state index contributed by atoms with van der Waals surface area (Å²) in [6, 6.07) is 0. The molecule has 2 atom stereocenters. The fourth-order valence-corrected chi connectivity index (χ4v) is 3.52. The van der Waals surface area contributed by atoms with Gasteiger partial charge in [0.25, 0.3) is 0 Å². The van der Waals surface area contributed by atoms with Crippen molar-refractivity contribution in [2.24, 2.45) is 23.0 Å². The standard InChI is InChI=1S/C13H22N2OS/c1-9-6-10(2)8-15(7-9)12(16)13(11(14)17)4-3-5-13/h9-10H,3-8H2,1-2H3,(H2,14,17). The van der Waals surface area contributed by atoms with Crippen LogP contribution >= 0.6 is 12.2 Å². The monoisotopic (exact) mass is 254 g/mol. The summed E-state index contributed by atoms with van der Waals surface area (Å²) >= 11 is 5.12. The summed E-state index contributed by atoms with van der Waals surface area (Å²) in [5, 5.41) is 0. The maximum atomic E-state index is 12.6. The van der Waals surface area contributed by atoms with Crippen molar-refractivity contribution in [2.75, 3.05) is 13.1 Å². The van der Waals surface area contributed by atoms with Crippen LogP contribution in [-0.4, -0.2) is 28.9 Å². The largest absolute Gasteiger partial charge is 0.392 e. The fourth-order valence-electron chi connectivity index (χ4n) is 3.23. The van der Waals surface area contributed by atoms with Crippen LogP contribution < -0.4 is 5.73 Å². The van der Waals surface area contributed by atoms with E-state index in [1.165, 1.54) is 6.42 Å². The van der Waals surface area contributed by atoms with Crippen LogP contribution in [0.15, 0.2) is 0 Å². The molecule has 4 heteroatoms. The van der Waals surface area contributed by atoms with E-state index >= 15 is 0 Å². The minimum atomic E-state index is -0.494. The van der Waals surface area contributed by atoms with Crippen molar-refractivity contribution < 1.29 is 4.79 Å². The van der Waals surface area contributed by atoms with Crippen molar-refractivity contribution in [3.05, 3.63) is 0 Å². The van der Waals surface area contributed by atoms with E-state index in [2.05, 4.69) is 13.8 Å². The Balaban J connectivity index is 2.11. The van der Waals surface area contributed by atoms with Gasteiger partial charge >= 0.3 is 0 Å². The van der Waals surface area contributed by atoms with Gasteiger partial charge in [-0.1, -0.05) is 32.5 Å². The Morgan fingerprint density at radius 3 is 2.18 bits per heavy atom. The number of nitrogens with zero attached hydrogens (tertiary/aromatic N) is 1. The zero-order valence-corrected chi connectivity index (χ0v) is 11.6. The van der Waals surface area contributed by atoms with Gasteiger partial charge in [-0.25, -0.2) is 0 Å². The molecular weight excluding hydrogens is 232 g/mol. The number of amides is 1. The molecule has 0 radical (unpaired) electrons. The highest BCUT2D eigenvalue weighted by Gasteiger charge is 2.49. The van der Waals surface area contributed by atoms with Crippen LogP contribution in [-0.2, 0) is 4.79 Å². The van der Waals surface area contributed by atoms with Crippen molar-refractivity contribution in [1.82, 2.24) is 4.90 Å². The molecule has 0 aromatic heterocycles. The average molecular weight is 254 g/mol. The number of carbonyl (C=O) groups is 1. The zero-order chi connectivity index (χ0) is 12.6. The van der Waals surface area contributed by atoms with Gasteiger partial charge in [0.1, 0.15) is 0 Å². The molecule has 3 nitrogen and oxygen atoms in total. The number of nitrogens with two attached hydrogens (primary N) is 1. The molecule has 1 saturated heterocycles.